The Kier molecular flexibility index (Phi) is 3.24. The first kappa shape index (κ1) is 10.9. The number of rotatable bonds is 4. The van der Waals surface area contributed by atoms with Crippen LogP contribution in [0, 0.1) is 5.92 Å². The first-order chi connectivity index (χ1) is 7.22. The minimum absolute atomic E-state index is 0.320. The third kappa shape index (κ3) is 2.48. The fourth-order valence-electron chi connectivity index (χ4n) is 1.79. The summed E-state index contributed by atoms with van der Waals surface area (Å²) in [4.78, 5) is 0. The van der Waals surface area contributed by atoms with E-state index < -0.39 is 6.61 Å². The molecule has 2 atom stereocenters. The highest BCUT2D eigenvalue weighted by Crippen LogP contribution is 2.51. The van der Waals surface area contributed by atoms with E-state index in [2.05, 4.69) is 20.7 Å². The topological polar surface area (TPSA) is 9.23 Å². The first-order valence-corrected chi connectivity index (χ1v) is 5.94. The van der Waals surface area contributed by atoms with Crippen molar-refractivity contribution >= 4 is 15.9 Å². The highest BCUT2D eigenvalue weighted by molar-refractivity contribution is 9.09. The molecular weight excluding hydrogens is 266 g/mol. The lowest BCUT2D eigenvalue weighted by molar-refractivity contribution is -0.0504. The number of ether oxygens (including phenoxy) is 1. The normalized spacial score (nSPS) is 24.3. The predicted molar refractivity (Wildman–Crippen MR) is 57.7 cm³/mol. The molecule has 0 N–H and O–H groups in total. The standard InChI is InChI=1S/C11H11BrF2O/c12-6-7-5-9(7)8-3-1-2-4-10(8)15-11(13)14/h1-4,7,9,11H,5-6H2. The van der Waals surface area contributed by atoms with Crippen LogP contribution in [0.5, 0.6) is 5.75 Å². The maximum absolute atomic E-state index is 12.1. The zero-order valence-electron chi connectivity index (χ0n) is 8.00. The van der Waals surface area contributed by atoms with Gasteiger partial charge in [-0.15, -0.1) is 0 Å². The van der Waals surface area contributed by atoms with Crippen molar-refractivity contribution in [3.8, 4) is 5.75 Å². The molecule has 0 spiro atoms. The number of benzene rings is 1. The van der Waals surface area contributed by atoms with Crippen molar-refractivity contribution in [3.05, 3.63) is 29.8 Å². The summed E-state index contributed by atoms with van der Waals surface area (Å²) in [5.74, 6) is 1.26. The molecule has 0 aromatic heterocycles. The second kappa shape index (κ2) is 4.47. The molecule has 1 aliphatic rings. The van der Waals surface area contributed by atoms with Crippen LogP contribution in [0.15, 0.2) is 24.3 Å². The molecule has 0 aliphatic heterocycles. The van der Waals surface area contributed by atoms with Crippen molar-refractivity contribution in [2.24, 2.45) is 5.92 Å². The Morgan fingerprint density at radius 3 is 2.73 bits per heavy atom. The van der Waals surface area contributed by atoms with Crippen LogP contribution in [0.25, 0.3) is 0 Å². The third-order valence-corrected chi connectivity index (χ3v) is 3.49. The third-order valence-electron chi connectivity index (χ3n) is 2.66. The van der Waals surface area contributed by atoms with Crippen molar-refractivity contribution in [2.45, 2.75) is 19.0 Å². The van der Waals surface area contributed by atoms with Gasteiger partial charge in [0.15, 0.2) is 0 Å². The van der Waals surface area contributed by atoms with Gasteiger partial charge in [-0.1, -0.05) is 34.1 Å². The van der Waals surface area contributed by atoms with Gasteiger partial charge in [-0.05, 0) is 29.9 Å². The van der Waals surface area contributed by atoms with Crippen molar-refractivity contribution in [3.63, 3.8) is 0 Å². The smallest absolute Gasteiger partial charge is 0.387 e. The molecule has 1 nitrogen and oxygen atoms in total. The molecule has 1 aromatic rings. The second-order valence-corrected chi connectivity index (χ2v) is 4.32. The van der Waals surface area contributed by atoms with Crippen LogP contribution >= 0.6 is 15.9 Å². The van der Waals surface area contributed by atoms with Crippen molar-refractivity contribution < 1.29 is 13.5 Å². The van der Waals surface area contributed by atoms with Crippen LogP contribution in [-0.4, -0.2) is 11.9 Å². The van der Waals surface area contributed by atoms with E-state index in [0.717, 1.165) is 17.3 Å². The van der Waals surface area contributed by atoms with E-state index in [1.54, 1.807) is 12.1 Å². The van der Waals surface area contributed by atoms with Gasteiger partial charge in [0.1, 0.15) is 5.75 Å². The van der Waals surface area contributed by atoms with Gasteiger partial charge < -0.3 is 4.74 Å². The number of halogens is 3. The van der Waals surface area contributed by atoms with E-state index in [0.29, 0.717) is 17.6 Å². The van der Waals surface area contributed by atoms with Crippen LogP contribution < -0.4 is 4.74 Å². The molecule has 15 heavy (non-hydrogen) atoms. The molecule has 0 heterocycles. The van der Waals surface area contributed by atoms with Crippen LogP contribution in [-0.2, 0) is 0 Å². The fraction of sp³-hybridized carbons (Fsp3) is 0.455. The summed E-state index contributed by atoms with van der Waals surface area (Å²) in [7, 11) is 0. The molecule has 0 amide bonds. The predicted octanol–water partition coefficient (Wildman–Crippen LogP) is 3.79. The first-order valence-electron chi connectivity index (χ1n) is 4.82. The lowest BCUT2D eigenvalue weighted by atomic mass is 10.1. The molecule has 1 aliphatic carbocycles. The molecule has 0 saturated heterocycles. The van der Waals surface area contributed by atoms with E-state index in [-0.39, 0.29) is 0 Å². The van der Waals surface area contributed by atoms with Gasteiger partial charge in [-0.2, -0.15) is 8.78 Å². The largest absolute Gasteiger partial charge is 0.435 e. The van der Waals surface area contributed by atoms with E-state index >= 15 is 0 Å². The van der Waals surface area contributed by atoms with Gasteiger partial charge in [0.05, 0.1) is 0 Å². The Morgan fingerprint density at radius 2 is 2.13 bits per heavy atom. The lowest BCUT2D eigenvalue weighted by Gasteiger charge is -2.09. The highest BCUT2D eigenvalue weighted by atomic mass is 79.9. The molecule has 1 aromatic carbocycles. The average molecular weight is 277 g/mol. The van der Waals surface area contributed by atoms with Crippen LogP contribution in [0.2, 0.25) is 0 Å². The van der Waals surface area contributed by atoms with Gasteiger partial charge >= 0.3 is 6.61 Å². The molecular formula is C11H11BrF2O. The van der Waals surface area contributed by atoms with E-state index in [1.807, 2.05) is 12.1 Å². The summed E-state index contributed by atoms with van der Waals surface area (Å²) in [5.41, 5.74) is 0.905. The van der Waals surface area contributed by atoms with Crippen molar-refractivity contribution in [1.29, 1.82) is 0 Å². The quantitative estimate of drug-likeness (QED) is 0.761. The summed E-state index contributed by atoms with van der Waals surface area (Å²) < 4.78 is 28.8. The van der Waals surface area contributed by atoms with E-state index in [1.165, 1.54) is 0 Å². The number of alkyl halides is 3. The van der Waals surface area contributed by atoms with Gasteiger partial charge in [-0.25, -0.2) is 0 Å². The Labute approximate surface area is 95.6 Å². The number of hydrogen-bond donors (Lipinski definition) is 0. The van der Waals surface area contributed by atoms with Crippen molar-refractivity contribution in [2.75, 3.05) is 5.33 Å². The van der Waals surface area contributed by atoms with E-state index in [9.17, 15) is 8.78 Å². The van der Waals surface area contributed by atoms with Crippen LogP contribution in [0.3, 0.4) is 0 Å². The molecule has 2 rings (SSSR count). The summed E-state index contributed by atoms with van der Waals surface area (Å²) in [5, 5.41) is 0.917. The monoisotopic (exact) mass is 276 g/mol. The Morgan fingerprint density at radius 1 is 1.40 bits per heavy atom. The molecule has 1 fully saturated rings. The summed E-state index contributed by atoms with van der Waals surface area (Å²) in [6.07, 6.45) is 1.05. The number of para-hydroxylation sites is 1. The van der Waals surface area contributed by atoms with Crippen LogP contribution in [0.4, 0.5) is 8.78 Å². The van der Waals surface area contributed by atoms with Crippen molar-refractivity contribution in [1.82, 2.24) is 0 Å². The Hall–Kier alpha value is -0.640. The summed E-state index contributed by atoms with van der Waals surface area (Å²) >= 11 is 3.40. The SMILES string of the molecule is FC(F)Oc1ccccc1C1CC1CBr. The van der Waals surface area contributed by atoms with Gasteiger partial charge in [0.25, 0.3) is 0 Å². The Balaban J connectivity index is 2.16. The molecule has 1 saturated carbocycles. The molecule has 4 heteroatoms. The number of hydrogen-bond acceptors (Lipinski definition) is 1. The summed E-state index contributed by atoms with van der Waals surface area (Å²) in [6.45, 7) is -2.74. The maximum atomic E-state index is 12.1. The van der Waals surface area contributed by atoms with Gasteiger partial charge in [0.2, 0.25) is 0 Å². The summed E-state index contributed by atoms with van der Waals surface area (Å²) in [6, 6.07) is 7.04. The zero-order chi connectivity index (χ0) is 10.8. The molecule has 82 valence electrons. The van der Waals surface area contributed by atoms with Gasteiger partial charge in [-0.3, -0.25) is 0 Å². The zero-order valence-corrected chi connectivity index (χ0v) is 9.58. The lowest BCUT2D eigenvalue weighted by Crippen LogP contribution is -2.04. The van der Waals surface area contributed by atoms with E-state index in [4.69, 9.17) is 0 Å². The van der Waals surface area contributed by atoms with Gasteiger partial charge in [0, 0.05) is 5.33 Å². The van der Waals surface area contributed by atoms with Crippen LogP contribution in [0.1, 0.15) is 17.9 Å². The second-order valence-electron chi connectivity index (χ2n) is 3.67. The average Bonchev–Trinajstić information content (AvgIpc) is 2.97. The molecule has 2 unspecified atom stereocenters. The Bertz CT molecular complexity index is 343. The molecule has 0 radical (unpaired) electrons. The minimum Gasteiger partial charge on any atom is -0.435 e. The minimum atomic E-state index is -2.74. The fourth-order valence-corrected chi connectivity index (χ4v) is 2.50. The highest BCUT2D eigenvalue weighted by Gasteiger charge is 2.39. The maximum Gasteiger partial charge on any atom is 0.387 e. The molecule has 0 bridgehead atoms.